The van der Waals surface area contributed by atoms with Crippen molar-refractivity contribution in [2.75, 3.05) is 0 Å². The first-order valence-electron chi connectivity index (χ1n) is 9.73. The zero-order valence-electron chi connectivity index (χ0n) is 15.6. The van der Waals surface area contributed by atoms with Crippen LogP contribution in [-0.4, -0.2) is 47.3 Å². The molecule has 2 aliphatic rings. The lowest BCUT2D eigenvalue weighted by Gasteiger charge is -2.27. The van der Waals surface area contributed by atoms with E-state index in [2.05, 4.69) is 37.5 Å². The Kier molecular flexibility index (Phi) is 5.84. The van der Waals surface area contributed by atoms with Crippen LogP contribution in [0.1, 0.15) is 37.9 Å². The summed E-state index contributed by atoms with van der Waals surface area (Å²) in [7, 11) is -3.54. The summed E-state index contributed by atoms with van der Waals surface area (Å²) in [6.45, 7) is 0. The molecule has 2 aliphatic heterocycles. The van der Waals surface area contributed by atoms with E-state index < -0.39 is 10.0 Å². The van der Waals surface area contributed by atoms with E-state index in [1.807, 2.05) is 6.07 Å². The minimum absolute atomic E-state index is 0.0277. The average molecular weight is 404 g/mol. The van der Waals surface area contributed by atoms with Gasteiger partial charge in [-0.2, -0.15) is 5.21 Å². The van der Waals surface area contributed by atoms with Gasteiger partial charge in [0.05, 0.1) is 23.1 Å². The largest absolute Gasteiger partial charge is 0.373 e. The number of H-pyrrole nitrogens is 1. The number of benzene rings is 1. The van der Waals surface area contributed by atoms with Gasteiger partial charge in [-0.25, -0.2) is 13.1 Å². The minimum Gasteiger partial charge on any atom is -0.373 e. The van der Waals surface area contributed by atoms with Crippen LogP contribution in [0, 0.1) is 5.92 Å². The molecule has 0 unspecified atom stereocenters. The summed E-state index contributed by atoms with van der Waals surface area (Å²) >= 11 is 0. The SMILES string of the molecule is O=S(=O)(N[C@H]1[C@H](C/C=C\CCCc2nn[nH]n2)[C@H]2CC[C@@H]1O2)c1ccccc1. The van der Waals surface area contributed by atoms with Crippen LogP contribution < -0.4 is 4.72 Å². The average Bonchev–Trinajstić information content (AvgIpc) is 3.44. The highest BCUT2D eigenvalue weighted by atomic mass is 32.2. The number of sulfonamides is 1. The smallest absolute Gasteiger partial charge is 0.240 e. The summed E-state index contributed by atoms with van der Waals surface area (Å²) in [5.41, 5.74) is 0. The molecule has 1 aromatic heterocycles. The van der Waals surface area contributed by atoms with E-state index in [1.54, 1.807) is 24.3 Å². The monoisotopic (exact) mass is 403 g/mol. The molecular weight excluding hydrogens is 378 g/mol. The van der Waals surface area contributed by atoms with Crippen molar-refractivity contribution in [3.8, 4) is 0 Å². The van der Waals surface area contributed by atoms with Gasteiger partial charge in [0.15, 0.2) is 5.82 Å². The molecule has 2 bridgehead atoms. The van der Waals surface area contributed by atoms with Crippen molar-refractivity contribution in [1.82, 2.24) is 25.3 Å². The standard InChI is InChI=1S/C19H25N5O3S/c25-28(26,14-8-4-3-5-9-14)22-19-15(16-12-13-17(19)27-16)10-6-1-2-7-11-18-20-23-24-21-18/h1,3-6,8-9,15-17,19,22H,2,7,10-13H2,(H,20,21,23,24)/b6-1-/t15-,16-,17+,19+/m1/s1. The predicted molar refractivity (Wildman–Crippen MR) is 103 cm³/mol. The molecule has 0 spiro atoms. The summed E-state index contributed by atoms with van der Waals surface area (Å²) in [4.78, 5) is 0.300. The molecule has 9 heteroatoms. The van der Waals surface area contributed by atoms with E-state index >= 15 is 0 Å². The van der Waals surface area contributed by atoms with Gasteiger partial charge in [-0.1, -0.05) is 35.6 Å². The lowest BCUT2D eigenvalue weighted by Crippen LogP contribution is -2.46. The summed E-state index contributed by atoms with van der Waals surface area (Å²) in [6, 6.07) is 8.35. The number of rotatable bonds is 9. The van der Waals surface area contributed by atoms with Crippen LogP contribution in [0.15, 0.2) is 47.4 Å². The van der Waals surface area contributed by atoms with E-state index in [9.17, 15) is 8.42 Å². The van der Waals surface area contributed by atoms with E-state index in [-0.39, 0.29) is 24.2 Å². The quantitative estimate of drug-likeness (QED) is 0.489. The van der Waals surface area contributed by atoms with Crippen molar-refractivity contribution in [3.05, 3.63) is 48.3 Å². The fraction of sp³-hybridized carbons (Fsp3) is 0.526. The normalized spacial score (nSPS) is 27.0. The Morgan fingerprint density at radius 2 is 2.00 bits per heavy atom. The summed E-state index contributed by atoms with van der Waals surface area (Å²) in [5, 5.41) is 13.9. The molecule has 0 aliphatic carbocycles. The van der Waals surface area contributed by atoms with Crippen LogP contribution in [0.4, 0.5) is 0 Å². The minimum atomic E-state index is -3.54. The Labute approximate surface area is 164 Å². The molecule has 0 amide bonds. The number of hydrogen-bond acceptors (Lipinski definition) is 6. The van der Waals surface area contributed by atoms with Crippen molar-refractivity contribution in [3.63, 3.8) is 0 Å². The summed E-state index contributed by atoms with van der Waals surface area (Å²) in [5.74, 6) is 0.899. The molecule has 4 rings (SSSR count). The van der Waals surface area contributed by atoms with E-state index in [0.717, 1.165) is 44.3 Å². The Morgan fingerprint density at radius 3 is 2.79 bits per heavy atom. The number of aromatic nitrogens is 4. The molecule has 150 valence electrons. The lowest BCUT2D eigenvalue weighted by atomic mass is 9.83. The number of allylic oxidation sites excluding steroid dienone is 2. The highest BCUT2D eigenvalue weighted by molar-refractivity contribution is 7.89. The number of nitrogens with zero attached hydrogens (tertiary/aromatic N) is 3. The van der Waals surface area contributed by atoms with Crippen molar-refractivity contribution < 1.29 is 13.2 Å². The Balaban J connectivity index is 1.33. The van der Waals surface area contributed by atoms with Crippen LogP contribution in [-0.2, 0) is 21.2 Å². The third-order valence-corrected chi connectivity index (χ3v) is 6.98. The second-order valence-electron chi connectivity index (χ2n) is 7.34. The fourth-order valence-corrected chi connectivity index (χ4v) is 5.46. The van der Waals surface area contributed by atoms with Gasteiger partial charge in [-0.3, -0.25) is 0 Å². The first-order valence-corrected chi connectivity index (χ1v) is 11.2. The molecule has 28 heavy (non-hydrogen) atoms. The summed E-state index contributed by atoms with van der Waals surface area (Å²) in [6.07, 6.45) is 9.80. The number of fused-ring (bicyclic) bond motifs is 2. The third kappa shape index (κ3) is 4.31. The molecule has 4 atom stereocenters. The van der Waals surface area contributed by atoms with E-state index in [1.165, 1.54) is 0 Å². The van der Waals surface area contributed by atoms with Gasteiger partial charge in [0.2, 0.25) is 10.0 Å². The van der Waals surface area contributed by atoms with Gasteiger partial charge >= 0.3 is 0 Å². The second-order valence-corrected chi connectivity index (χ2v) is 9.06. The Bertz CT molecular complexity index is 886. The fourth-order valence-electron chi connectivity index (χ4n) is 4.12. The zero-order valence-corrected chi connectivity index (χ0v) is 16.4. The van der Waals surface area contributed by atoms with Crippen LogP contribution >= 0.6 is 0 Å². The van der Waals surface area contributed by atoms with Crippen molar-refractivity contribution >= 4 is 10.0 Å². The maximum Gasteiger partial charge on any atom is 0.240 e. The number of hydrogen-bond donors (Lipinski definition) is 2. The van der Waals surface area contributed by atoms with Crippen molar-refractivity contribution in [1.29, 1.82) is 0 Å². The van der Waals surface area contributed by atoms with Gasteiger partial charge in [0, 0.05) is 12.3 Å². The highest BCUT2D eigenvalue weighted by Gasteiger charge is 2.49. The van der Waals surface area contributed by atoms with Gasteiger partial charge in [-0.15, -0.1) is 10.2 Å². The molecule has 3 heterocycles. The molecule has 2 saturated heterocycles. The van der Waals surface area contributed by atoms with Crippen LogP contribution in [0.25, 0.3) is 0 Å². The molecule has 2 fully saturated rings. The maximum atomic E-state index is 12.7. The van der Waals surface area contributed by atoms with Gasteiger partial charge in [0.1, 0.15) is 0 Å². The molecule has 1 aromatic carbocycles. The summed E-state index contributed by atoms with van der Waals surface area (Å²) < 4.78 is 34.4. The van der Waals surface area contributed by atoms with Crippen LogP contribution in [0.2, 0.25) is 0 Å². The number of nitrogens with one attached hydrogen (secondary N) is 2. The lowest BCUT2D eigenvalue weighted by molar-refractivity contribution is 0.0907. The number of aryl methyl sites for hydroxylation is 1. The maximum absolute atomic E-state index is 12.7. The van der Waals surface area contributed by atoms with Crippen molar-refractivity contribution in [2.45, 2.75) is 61.7 Å². The van der Waals surface area contributed by atoms with E-state index in [0.29, 0.717) is 4.90 Å². The first kappa shape index (κ1) is 19.2. The topological polar surface area (TPSA) is 110 Å². The van der Waals surface area contributed by atoms with Crippen LogP contribution in [0.3, 0.4) is 0 Å². The Morgan fingerprint density at radius 1 is 1.18 bits per heavy atom. The predicted octanol–water partition coefficient (Wildman–Crippen LogP) is 1.99. The highest BCUT2D eigenvalue weighted by Crippen LogP contribution is 2.41. The number of aromatic amines is 1. The molecule has 0 radical (unpaired) electrons. The van der Waals surface area contributed by atoms with E-state index in [4.69, 9.17) is 4.74 Å². The Hall–Kier alpha value is -2.10. The van der Waals surface area contributed by atoms with Crippen LogP contribution in [0.5, 0.6) is 0 Å². The molecule has 2 N–H and O–H groups in total. The third-order valence-electron chi connectivity index (χ3n) is 5.50. The number of ether oxygens (including phenoxy) is 1. The van der Waals surface area contributed by atoms with Gasteiger partial charge in [0.25, 0.3) is 0 Å². The second kappa shape index (κ2) is 8.50. The number of tetrazole rings is 1. The molecule has 8 nitrogen and oxygen atoms in total. The molecule has 2 aromatic rings. The zero-order chi connectivity index (χ0) is 19.4. The molecular formula is C19H25N5O3S. The van der Waals surface area contributed by atoms with Crippen molar-refractivity contribution in [2.24, 2.45) is 5.92 Å². The van der Waals surface area contributed by atoms with Gasteiger partial charge < -0.3 is 4.74 Å². The molecule has 0 saturated carbocycles. The first-order chi connectivity index (χ1) is 13.6. The number of unbranched alkanes of at least 4 members (excludes halogenated alkanes) is 1. The van der Waals surface area contributed by atoms with Gasteiger partial charge in [-0.05, 0) is 44.2 Å².